The van der Waals surface area contributed by atoms with E-state index >= 15 is 0 Å². The van der Waals surface area contributed by atoms with Crippen LogP contribution in [0.15, 0.2) is 59.0 Å². The van der Waals surface area contributed by atoms with E-state index in [1.165, 1.54) is 43.3 Å². The number of nitrogens with zero attached hydrogens (tertiary/aromatic N) is 2. The van der Waals surface area contributed by atoms with E-state index in [0.29, 0.717) is 24.5 Å². The number of methoxy groups -OCH3 is 1. The average molecular weight is 501 g/mol. The second-order valence-corrected chi connectivity index (χ2v) is 11.1. The molecule has 1 saturated heterocycles. The van der Waals surface area contributed by atoms with Crippen LogP contribution in [0.3, 0.4) is 0 Å². The molecule has 0 radical (unpaired) electrons. The van der Waals surface area contributed by atoms with Gasteiger partial charge in [0, 0.05) is 39.9 Å². The third kappa shape index (κ3) is 5.32. The van der Waals surface area contributed by atoms with E-state index < -0.39 is 27.8 Å². The Morgan fingerprint density at radius 2 is 1.66 bits per heavy atom. The fraction of sp³-hybridized carbons (Fsp3) is 0.385. The largest absolute Gasteiger partial charge is 0.507 e. The highest BCUT2D eigenvalue weighted by Crippen LogP contribution is 2.40. The van der Waals surface area contributed by atoms with Crippen LogP contribution in [-0.4, -0.2) is 68.8 Å². The van der Waals surface area contributed by atoms with Gasteiger partial charge in [-0.2, -0.15) is 0 Å². The molecule has 0 aliphatic carbocycles. The summed E-state index contributed by atoms with van der Waals surface area (Å²) in [6.45, 7) is 4.85. The molecule has 1 fully saturated rings. The predicted octanol–water partition coefficient (Wildman–Crippen LogP) is 3.52. The number of likely N-dealkylation sites (tertiary alicyclic amines) is 1. The van der Waals surface area contributed by atoms with E-state index in [4.69, 9.17) is 4.74 Å². The molecule has 0 aromatic heterocycles. The van der Waals surface area contributed by atoms with Crippen molar-refractivity contribution in [2.75, 3.05) is 34.4 Å². The Hall–Kier alpha value is -3.01. The number of aliphatic hydroxyl groups is 1. The average Bonchev–Trinajstić information content (AvgIpc) is 3.08. The van der Waals surface area contributed by atoms with E-state index in [0.717, 1.165) is 9.87 Å². The van der Waals surface area contributed by atoms with Crippen LogP contribution in [0.4, 0.5) is 0 Å². The molecule has 0 saturated carbocycles. The molecule has 35 heavy (non-hydrogen) atoms. The molecule has 2 aromatic rings. The number of amides is 1. The highest BCUT2D eigenvalue weighted by atomic mass is 32.2. The van der Waals surface area contributed by atoms with E-state index in [1.807, 2.05) is 24.3 Å². The summed E-state index contributed by atoms with van der Waals surface area (Å²) in [5.41, 5.74) is 2.05. The second-order valence-electron chi connectivity index (χ2n) is 8.97. The van der Waals surface area contributed by atoms with Gasteiger partial charge in [0.2, 0.25) is 10.0 Å². The third-order valence-corrected chi connectivity index (χ3v) is 7.94. The van der Waals surface area contributed by atoms with Crippen LogP contribution < -0.4 is 0 Å². The molecule has 9 heteroatoms. The quantitative estimate of drug-likeness (QED) is 0.245. The number of hydrogen-bond donors (Lipinski definition) is 1. The van der Waals surface area contributed by atoms with Crippen molar-refractivity contribution in [1.29, 1.82) is 0 Å². The summed E-state index contributed by atoms with van der Waals surface area (Å²) in [4.78, 5) is 27.6. The van der Waals surface area contributed by atoms with Crippen LogP contribution in [0.1, 0.15) is 48.9 Å². The number of carbonyl (C=O) groups is 2. The number of sulfonamides is 1. The van der Waals surface area contributed by atoms with Crippen molar-refractivity contribution in [2.45, 2.75) is 37.1 Å². The zero-order valence-electron chi connectivity index (χ0n) is 20.7. The summed E-state index contributed by atoms with van der Waals surface area (Å²) in [7, 11) is 0.775. The summed E-state index contributed by atoms with van der Waals surface area (Å²) >= 11 is 0. The molecule has 1 N–H and O–H groups in total. The topological polar surface area (TPSA) is 104 Å². The van der Waals surface area contributed by atoms with Crippen molar-refractivity contribution >= 4 is 27.5 Å². The summed E-state index contributed by atoms with van der Waals surface area (Å²) in [6, 6.07) is 12.5. The molecule has 1 heterocycles. The standard InChI is InChI=1S/C26H32N2O6S/c1-17(2)18-7-9-19(10-8-18)23-22(25(30)26(31)28(23)15-6-16-34-5)24(29)20-11-13-21(14-12-20)35(32,33)27(3)4/h7-14,17,23,29H,6,15-16H2,1-5H3/t23-/m0/s1. The molecule has 3 rings (SSSR count). The maximum atomic E-state index is 13.1. The molecule has 1 aliphatic heterocycles. The Bertz CT molecular complexity index is 1220. The lowest BCUT2D eigenvalue weighted by Crippen LogP contribution is -2.31. The smallest absolute Gasteiger partial charge is 0.295 e. The first-order valence-electron chi connectivity index (χ1n) is 11.4. The highest BCUT2D eigenvalue weighted by Gasteiger charge is 2.45. The van der Waals surface area contributed by atoms with Crippen LogP contribution in [0.5, 0.6) is 0 Å². The minimum Gasteiger partial charge on any atom is -0.507 e. The van der Waals surface area contributed by atoms with E-state index in [-0.39, 0.29) is 28.3 Å². The van der Waals surface area contributed by atoms with E-state index in [9.17, 15) is 23.1 Å². The molecule has 0 spiro atoms. The van der Waals surface area contributed by atoms with Gasteiger partial charge in [0.25, 0.3) is 11.7 Å². The number of hydrogen-bond acceptors (Lipinski definition) is 6. The first kappa shape index (κ1) is 26.6. The monoisotopic (exact) mass is 500 g/mol. The molecular formula is C26H32N2O6S. The molecule has 8 nitrogen and oxygen atoms in total. The molecule has 1 atom stereocenters. The van der Waals surface area contributed by atoms with Crippen molar-refractivity contribution < 1.29 is 27.9 Å². The number of rotatable bonds is 9. The van der Waals surface area contributed by atoms with Crippen LogP contribution in [0.2, 0.25) is 0 Å². The van der Waals surface area contributed by atoms with Gasteiger partial charge < -0.3 is 14.7 Å². The SMILES string of the molecule is COCCCN1C(=O)C(=O)C(=C(O)c2ccc(S(=O)(=O)N(C)C)cc2)[C@@H]1c1ccc(C(C)C)cc1. The number of ether oxygens (including phenoxy) is 1. The van der Waals surface area contributed by atoms with Gasteiger partial charge in [0.15, 0.2) is 0 Å². The van der Waals surface area contributed by atoms with Crippen LogP contribution >= 0.6 is 0 Å². The number of carbonyl (C=O) groups excluding carboxylic acids is 2. The normalized spacial score (nSPS) is 18.1. The molecule has 1 aliphatic rings. The van der Waals surface area contributed by atoms with Crippen LogP contribution in [0, 0.1) is 0 Å². The van der Waals surface area contributed by atoms with Crippen molar-refractivity contribution in [3.05, 3.63) is 70.8 Å². The lowest BCUT2D eigenvalue weighted by Gasteiger charge is -2.25. The predicted molar refractivity (Wildman–Crippen MR) is 133 cm³/mol. The fourth-order valence-electron chi connectivity index (χ4n) is 4.05. The van der Waals surface area contributed by atoms with Crippen molar-refractivity contribution in [2.24, 2.45) is 0 Å². The lowest BCUT2D eigenvalue weighted by molar-refractivity contribution is -0.140. The van der Waals surface area contributed by atoms with Gasteiger partial charge >= 0.3 is 0 Å². The Labute approximate surface area is 206 Å². The van der Waals surface area contributed by atoms with Crippen molar-refractivity contribution in [3.63, 3.8) is 0 Å². The minimum absolute atomic E-state index is 0.0204. The number of ketones is 1. The molecule has 188 valence electrons. The first-order valence-corrected chi connectivity index (χ1v) is 12.8. The highest BCUT2D eigenvalue weighted by molar-refractivity contribution is 7.89. The van der Waals surface area contributed by atoms with Gasteiger partial charge in [-0.1, -0.05) is 38.1 Å². The summed E-state index contributed by atoms with van der Waals surface area (Å²) in [6.07, 6.45) is 0.529. The van der Waals surface area contributed by atoms with Gasteiger partial charge in [-0.25, -0.2) is 12.7 Å². The zero-order chi connectivity index (χ0) is 25.9. The molecule has 0 bridgehead atoms. The van der Waals surface area contributed by atoms with Crippen LogP contribution in [0.25, 0.3) is 5.76 Å². The summed E-state index contributed by atoms with van der Waals surface area (Å²) in [5, 5.41) is 11.2. The molecule has 1 amide bonds. The molecule has 2 aromatic carbocycles. The number of benzene rings is 2. The van der Waals surface area contributed by atoms with Gasteiger partial charge in [0.05, 0.1) is 16.5 Å². The van der Waals surface area contributed by atoms with Gasteiger partial charge in [-0.3, -0.25) is 9.59 Å². The maximum absolute atomic E-state index is 13.1. The lowest BCUT2D eigenvalue weighted by atomic mass is 9.93. The molecule has 0 unspecified atom stereocenters. The Balaban J connectivity index is 2.10. The van der Waals surface area contributed by atoms with E-state index in [1.54, 1.807) is 7.11 Å². The Morgan fingerprint density at radius 1 is 1.06 bits per heavy atom. The van der Waals surface area contributed by atoms with E-state index in [2.05, 4.69) is 13.8 Å². The third-order valence-electron chi connectivity index (χ3n) is 6.11. The van der Waals surface area contributed by atoms with Crippen molar-refractivity contribution in [3.8, 4) is 0 Å². The Morgan fingerprint density at radius 3 is 2.17 bits per heavy atom. The molecular weight excluding hydrogens is 468 g/mol. The maximum Gasteiger partial charge on any atom is 0.295 e. The fourth-order valence-corrected chi connectivity index (χ4v) is 4.95. The van der Waals surface area contributed by atoms with Gasteiger partial charge in [-0.05, 0) is 47.7 Å². The van der Waals surface area contributed by atoms with Crippen molar-refractivity contribution in [1.82, 2.24) is 9.21 Å². The first-order chi connectivity index (χ1) is 16.5. The van der Waals surface area contributed by atoms with Crippen LogP contribution in [-0.2, 0) is 24.3 Å². The van der Waals surface area contributed by atoms with Gasteiger partial charge in [0.1, 0.15) is 5.76 Å². The zero-order valence-corrected chi connectivity index (χ0v) is 21.5. The summed E-state index contributed by atoms with van der Waals surface area (Å²) < 4.78 is 31.0. The Kier molecular flexibility index (Phi) is 8.15. The number of Topliss-reactive ketones (excluding diaryl/α,β-unsaturated/α-hetero) is 1. The summed E-state index contributed by atoms with van der Waals surface area (Å²) in [5.74, 6) is -1.49. The second kappa shape index (κ2) is 10.7. The van der Waals surface area contributed by atoms with Gasteiger partial charge in [-0.15, -0.1) is 0 Å². The minimum atomic E-state index is -3.65. The number of aliphatic hydroxyl groups excluding tert-OH is 1.